The van der Waals surface area contributed by atoms with Crippen molar-refractivity contribution in [3.8, 4) is 0 Å². The molecule has 1 aliphatic rings. The van der Waals surface area contributed by atoms with Crippen molar-refractivity contribution in [2.75, 3.05) is 29.1 Å². The summed E-state index contributed by atoms with van der Waals surface area (Å²) in [6, 6.07) is 5.92. The molecule has 31 heavy (non-hydrogen) atoms. The van der Waals surface area contributed by atoms with Gasteiger partial charge in [0.1, 0.15) is 4.70 Å². The molecule has 1 aliphatic heterocycles. The van der Waals surface area contributed by atoms with Crippen molar-refractivity contribution in [2.24, 2.45) is 0 Å². The summed E-state index contributed by atoms with van der Waals surface area (Å²) in [6.45, 7) is 10.00. The zero-order valence-electron chi connectivity index (χ0n) is 17.7. The summed E-state index contributed by atoms with van der Waals surface area (Å²) < 4.78 is 2.11. The average Bonchev–Trinajstić information content (AvgIpc) is 3.37. The van der Waals surface area contributed by atoms with Crippen molar-refractivity contribution in [3.63, 3.8) is 0 Å². The number of anilines is 2. The molecular formula is C22H25N5O2S2. The largest absolute Gasteiger partial charge is 0.348 e. The first-order valence-corrected chi connectivity index (χ1v) is 12.0. The first-order chi connectivity index (χ1) is 14.9. The quantitative estimate of drug-likeness (QED) is 0.330. The Hall–Kier alpha value is -2.65. The van der Waals surface area contributed by atoms with Crippen LogP contribution in [0.4, 0.5) is 10.8 Å². The van der Waals surface area contributed by atoms with E-state index in [2.05, 4.69) is 32.8 Å². The number of carbonyl (C=O) groups is 1. The van der Waals surface area contributed by atoms with Gasteiger partial charge in [0.05, 0.1) is 5.75 Å². The van der Waals surface area contributed by atoms with Crippen LogP contribution in [0.1, 0.15) is 24.0 Å². The van der Waals surface area contributed by atoms with Gasteiger partial charge in [-0.05, 0) is 49.9 Å². The van der Waals surface area contributed by atoms with Gasteiger partial charge in [-0.25, -0.2) is 4.98 Å². The van der Waals surface area contributed by atoms with Crippen molar-refractivity contribution in [2.45, 2.75) is 38.4 Å². The Balaban J connectivity index is 1.56. The van der Waals surface area contributed by atoms with E-state index in [1.807, 2.05) is 26.0 Å². The average molecular weight is 456 g/mol. The zero-order valence-corrected chi connectivity index (χ0v) is 19.3. The highest BCUT2D eigenvalue weighted by molar-refractivity contribution is 7.99. The number of nitrogens with zero attached hydrogens (tertiary/aromatic N) is 4. The highest BCUT2D eigenvalue weighted by atomic mass is 32.2. The Labute approximate surface area is 189 Å². The van der Waals surface area contributed by atoms with Gasteiger partial charge in [0.2, 0.25) is 5.91 Å². The lowest BCUT2D eigenvalue weighted by molar-refractivity contribution is -0.113. The molecule has 0 unspecified atom stereocenters. The standard InChI is InChI=1S/C22H25N5O2S2/c1-4-7-27-20(29)18-19(24-21(31-18)26-8-5-6-9-26)25-22(27)30-13-17(28)23-16-11-14(2)10-15(3)12-16/h4,10-12H,1,5-9,13H2,2-3H3,(H,23,28). The fraction of sp³-hybridized carbons (Fsp3) is 0.364. The van der Waals surface area contributed by atoms with Crippen LogP contribution >= 0.6 is 23.1 Å². The molecule has 3 aromatic rings. The molecule has 9 heteroatoms. The van der Waals surface area contributed by atoms with Gasteiger partial charge >= 0.3 is 0 Å². The van der Waals surface area contributed by atoms with Crippen molar-refractivity contribution < 1.29 is 4.79 Å². The van der Waals surface area contributed by atoms with E-state index >= 15 is 0 Å². The lowest BCUT2D eigenvalue weighted by atomic mass is 10.1. The minimum Gasteiger partial charge on any atom is -0.348 e. The number of rotatable bonds is 7. The molecular weight excluding hydrogens is 430 g/mol. The van der Waals surface area contributed by atoms with Crippen LogP contribution in [0, 0.1) is 13.8 Å². The fourth-order valence-corrected chi connectivity index (χ4v) is 5.50. The minimum atomic E-state index is -0.148. The molecule has 0 bridgehead atoms. The smallest absolute Gasteiger partial charge is 0.274 e. The third kappa shape index (κ3) is 4.83. The first kappa shape index (κ1) is 21.6. The maximum Gasteiger partial charge on any atom is 0.274 e. The molecule has 0 spiro atoms. The second-order valence-corrected chi connectivity index (χ2v) is 9.58. The minimum absolute atomic E-state index is 0.134. The first-order valence-electron chi connectivity index (χ1n) is 10.2. The van der Waals surface area contributed by atoms with Crippen LogP contribution in [0.5, 0.6) is 0 Å². The summed E-state index contributed by atoms with van der Waals surface area (Å²) >= 11 is 2.63. The Morgan fingerprint density at radius 2 is 1.94 bits per heavy atom. The monoisotopic (exact) mass is 455 g/mol. The van der Waals surface area contributed by atoms with Crippen LogP contribution < -0.4 is 15.8 Å². The maximum absolute atomic E-state index is 13.1. The lowest BCUT2D eigenvalue weighted by Crippen LogP contribution is -2.23. The van der Waals surface area contributed by atoms with E-state index in [0.29, 0.717) is 22.0 Å². The van der Waals surface area contributed by atoms with Crippen LogP contribution in [0.15, 0.2) is 40.8 Å². The Bertz CT molecular complexity index is 1170. The third-order valence-corrected chi connectivity index (χ3v) is 7.07. The molecule has 162 valence electrons. The second kappa shape index (κ2) is 9.23. The van der Waals surface area contributed by atoms with Gasteiger partial charge in [0, 0.05) is 25.3 Å². The van der Waals surface area contributed by atoms with Gasteiger partial charge in [0.25, 0.3) is 5.56 Å². The molecule has 0 aliphatic carbocycles. The molecule has 7 nitrogen and oxygen atoms in total. The molecule has 1 fully saturated rings. The highest BCUT2D eigenvalue weighted by Gasteiger charge is 2.21. The van der Waals surface area contributed by atoms with Crippen LogP contribution in [-0.2, 0) is 11.3 Å². The van der Waals surface area contributed by atoms with E-state index in [1.165, 1.54) is 23.1 Å². The molecule has 2 aromatic heterocycles. The van der Waals surface area contributed by atoms with Crippen LogP contribution in [0.3, 0.4) is 0 Å². The molecule has 0 saturated carbocycles. The molecule has 1 aromatic carbocycles. The van der Waals surface area contributed by atoms with E-state index in [9.17, 15) is 9.59 Å². The van der Waals surface area contributed by atoms with Gasteiger partial charge in [-0.3, -0.25) is 14.2 Å². The number of amides is 1. The number of hydrogen-bond donors (Lipinski definition) is 1. The molecule has 4 rings (SSSR count). The zero-order chi connectivity index (χ0) is 22.0. The second-order valence-electron chi connectivity index (χ2n) is 7.66. The molecule has 3 heterocycles. The number of aromatic nitrogens is 3. The summed E-state index contributed by atoms with van der Waals surface area (Å²) in [6.07, 6.45) is 3.94. The van der Waals surface area contributed by atoms with Crippen molar-refractivity contribution in [1.29, 1.82) is 0 Å². The van der Waals surface area contributed by atoms with Gasteiger partial charge in [0.15, 0.2) is 15.9 Å². The lowest BCUT2D eigenvalue weighted by Gasteiger charge is -2.11. The van der Waals surface area contributed by atoms with E-state index < -0.39 is 0 Å². The molecule has 1 N–H and O–H groups in total. The van der Waals surface area contributed by atoms with Gasteiger partial charge in [-0.1, -0.05) is 35.2 Å². The fourth-order valence-electron chi connectivity index (χ4n) is 3.69. The Morgan fingerprint density at radius 3 is 2.61 bits per heavy atom. The number of carbonyl (C=O) groups excluding carboxylic acids is 1. The summed E-state index contributed by atoms with van der Waals surface area (Å²) in [5.74, 6) is -0.00361. The molecule has 1 amide bonds. The number of thioether (sulfide) groups is 1. The summed E-state index contributed by atoms with van der Waals surface area (Å²) in [7, 11) is 0. The number of allylic oxidation sites excluding steroid dienone is 1. The van der Waals surface area contributed by atoms with Gasteiger partial charge < -0.3 is 10.2 Å². The summed E-state index contributed by atoms with van der Waals surface area (Å²) in [5, 5.41) is 4.25. The summed E-state index contributed by atoms with van der Waals surface area (Å²) in [5.41, 5.74) is 3.27. The topological polar surface area (TPSA) is 80.1 Å². The molecule has 1 saturated heterocycles. The van der Waals surface area contributed by atoms with Gasteiger partial charge in [-0.15, -0.1) is 6.58 Å². The van der Waals surface area contributed by atoms with Crippen LogP contribution in [-0.4, -0.2) is 39.3 Å². The third-order valence-electron chi connectivity index (χ3n) is 5.00. The number of aryl methyl sites for hydroxylation is 2. The summed E-state index contributed by atoms with van der Waals surface area (Å²) in [4.78, 5) is 37.0. The van der Waals surface area contributed by atoms with Crippen LogP contribution in [0.25, 0.3) is 10.3 Å². The van der Waals surface area contributed by atoms with E-state index in [4.69, 9.17) is 0 Å². The Kier molecular flexibility index (Phi) is 6.43. The highest BCUT2D eigenvalue weighted by Crippen LogP contribution is 2.29. The predicted molar refractivity (Wildman–Crippen MR) is 129 cm³/mol. The van der Waals surface area contributed by atoms with Crippen molar-refractivity contribution >= 4 is 50.2 Å². The molecule has 0 atom stereocenters. The Morgan fingerprint density at radius 1 is 1.23 bits per heavy atom. The number of fused-ring (bicyclic) bond motifs is 1. The maximum atomic E-state index is 13.1. The van der Waals surface area contributed by atoms with E-state index in [-0.39, 0.29) is 17.2 Å². The number of hydrogen-bond acceptors (Lipinski definition) is 7. The number of nitrogens with one attached hydrogen (secondary N) is 1. The van der Waals surface area contributed by atoms with Crippen molar-refractivity contribution in [3.05, 3.63) is 52.3 Å². The number of thiazole rings is 1. The van der Waals surface area contributed by atoms with E-state index in [0.717, 1.165) is 47.9 Å². The van der Waals surface area contributed by atoms with Gasteiger partial charge in [-0.2, -0.15) is 4.98 Å². The normalized spacial score (nSPS) is 13.7. The SMILES string of the molecule is C=CCn1c(SCC(=O)Nc2cc(C)cc(C)c2)nc2nc(N3CCCC3)sc2c1=O. The number of benzene rings is 1. The van der Waals surface area contributed by atoms with E-state index in [1.54, 1.807) is 10.6 Å². The predicted octanol–water partition coefficient (Wildman–Crippen LogP) is 3.99. The van der Waals surface area contributed by atoms with Crippen molar-refractivity contribution in [1.82, 2.24) is 14.5 Å². The van der Waals surface area contributed by atoms with Crippen LogP contribution in [0.2, 0.25) is 0 Å². The molecule has 0 radical (unpaired) electrons.